The summed E-state index contributed by atoms with van der Waals surface area (Å²) in [6, 6.07) is -0.426. The number of carbonyl (C=O) groups is 2. The minimum atomic E-state index is -3.00. The number of amides is 3. The van der Waals surface area contributed by atoms with Crippen molar-refractivity contribution in [1.29, 1.82) is 0 Å². The van der Waals surface area contributed by atoms with Crippen molar-refractivity contribution in [2.24, 2.45) is 0 Å². The molecule has 0 unspecified atom stereocenters. The van der Waals surface area contributed by atoms with Gasteiger partial charge in [-0.3, -0.25) is 9.69 Å². The number of hydrogen-bond donors (Lipinski definition) is 1. The molecule has 0 radical (unpaired) electrons. The normalized spacial score (nSPS) is 28.6. The van der Waals surface area contributed by atoms with Crippen LogP contribution in [0.4, 0.5) is 4.79 Å². The van der Waals surface area contributed by atoms with Crippen molar-refractivity contribution in [3.05, 3.63) is 0 Å². The fourth-order valence-corrected chi connectivity index (χ4v) is 6.14. The summed E-state index contributed by atoms with van der Waals surface area (Å²) in [5.41, 5.74) is -0.729. The summed E-state index contributed by atoms with van der Waals surface area (Å²) >= 11 is 0. The van der Waals surface area contributed by atoms with Gasteiger partial charge in [-0.1, -0.05) is 32.6 Å². The van der Waals surface area contributed by atoms with Crippen molar-refractivity contribution in [3.8, 4) is 0 Å². The number of sulfone groups is 1. The summed E-state index contributed by atoms with van der Waals surface area (Å²) in [6.45, 7) is 2.90. The molecule has 0 aromatic rings. The first-order valence-corrected chi connectivity index (χ1v) is 11.3. The summed E-state index contributed by atoms with van der Waals surface area (Å²) in [7, 11) is -3.00. The van der Waals surface area contributed by atoms with E-state index < -0.39 is 15.4 Å². The minimum absolute atomic E-state index is 0.101. The first-order chi connectivity index (χ1) is 11.9. The smallest absolute Gasteiger partial charge is 0.323 e. The van der Waals surface area contributed by atoms with E-state index in [1.54, 1.807) is 0 Å². The van der Waals surface area contributed by atoms with Crippen LogP contribution in [-0.4, -0.2) is 66.5 Å². The summed E-state index contributed by atoms with van der Waals surface area (Å²) in [6.07, 6.45) is 6.97. The Morgan fingerprint density at radius 3 is 2.44 bits per heavy atom. The molecular weight excluding hydrogens is 342 g/mol. The van der Waals surface area contributed by atoms with Gasteiger partial charge in [-0.2, -0.15) is 0 Å². The van der Waals surface area contributed by atoms with Crippen molar-refractivity contribution in [3.63, 3.8) is 0 Å². The number of nitrogens with one attached hydrogen (secondary N) is 1. The first-order valence-electron chi connectivity index (χ1n) is 9.45. The fraction of sp³-hybridized carbons (Fsp3) is 0.882. The van der Waals surface area contributed by atoms with Crippen molar-refractivity contribution in [2.45, 2.75) is 69.9 Å². The van der Waals surface area contributed by atoms with E-state index in [1.165, 1.54) is 4.90 Å². The summed E-state index contributed by atoms with van der Waals surface area (Å²) in [5, 5.41) is 2.96. The van der Waals surface area contributed by atoms with Crippen LogP contribution >= 0.6 is 0 Å². The zero-order valence-electron chi connectivity index (χ0n) is 15.0. The van der Waals surface area contributed by atoms with Gasteiger partial charge in [0.15, 0.2) is 9.84 Å². The molecule has 2 aliphatic heterocycles. The molecule has 1 N–H and O–H groups in total. The predicted octanol–water partition coefficient (Wildman–Crippen LogP) is 1.49. The van der Waals surface area contributed by atoms with E-state index in [1.807, 2.05) is 11.8 Å². The molecule has 1 spiro atoms. The maximum absolute atomic E-state index is 13.0. The Morgan fingerprint density at radius 1 is 1.20 bits per heavy atom. The Kier molecular flexibility index (Phi) is 5.39. The van der Waals surface area contributed by atoms with Crippen LogP contribution in [0.5, 0.6) is 0 Å². The third-order valence-corrected chi connectivity index (χ3v) is 7.51. The summed E-state index contributed by atoms with van der Waals surface area (Å²) < 4.78 is 23.6. The van der Waals surface area contributed by atoms with E-state index in [0.717, 1.165) is 32.1 Å². The molecule has 3 amide bonds. The van der Waals surface area contributed by atoms with E-state index in [2.05, 4.69) is 5.32 Å². The van der Waals surface area contributed by atoms with Gasteiger partial charge in [-0.25, -0.2) is 18.1 Å². The lowest BCUT2D eigenvalue weighted by Gasteiger charge is -2.31. The van der Waals surface area contributed by atoms with Crippen molar-refractivity contribution in [1.82, 2.24) is 15.1 Å². The lowest BCUT2D eigenvalue weighted by molar-refractivity contribution is -0.133. The van der Waals surface area contributed by atoms with Gasteiger partial charge >= 0.3 is 6.03 Å². The molecule has 3 aliphatic rings. The van der Waals surface area contributed by atoms with E-state index >= 15 is 0 Å². The van der Waals surface area contributed by atoms with Crippen LogP contribution < -0.4 is 5.32 Å². The second-order valence-electron chi connectivity index (χ2n) is 7.67. The standard InChI is InChI=1S/C17H29N3O4S/c1-2-10-19(14-7-11-25(23,24)12-14)13-20-15(21)17(18-16(20)22)8-5-3-4-6-9-17/h14H,2-13H2,1H3,(H,18,22)/t14-/m0/s1. The number of imide groups is 1. The highest BCUT2D eigenvalue weighted by molar-refractivity contribution is 7.91. The number of nitrogens with zero attached hydrogens (tertiary/aromatic N) is 2. The Balaban J connectivity index is 1.73. The SMILES string of the molecule is CCCN(CN1C(=O)NC2(CCCCCC2)C1=O)[C@H]1CCS(=O)(=O)C1. The highest BCUT2D eigenvalue weighted by atomic mass is 32.2. The van der Waals surface area contributed by atoms with Crippen LogP contribution in [0, 0.1) is 0 Å². The zero-order chi connectivity index (χ0) is 18.1. The van der Waals surface area contributed by atoms with Crippen LogP contribution in [0.1, 0.15) is 58.3 Å². The third-order valence-electron chi connectivity index (χ3n) is 5.76. The Labute approximate surface area is 150 Å². The average molecular weight is 372 g/mol. The molecule has 3 fully saturated rings. The van der Waals surface area contributed by atoms with E-state index in [0.29, 0.717) is 25.8 Å². The van der Waals surface area contributed by atoms with Gasteiger partial charge in [-0.15, -0.1) is 0 Å². The number of urea groups is 1. The molecule has 7 nitrogen and oxygen atoms in total. The summed E-state index contributed by atoms with van der Waals surface area (Å²) in [4.78, 5) is 28.8. The molecule has 0 aromatic heterocycles. The molecule has 2 saturated heterocycles. The zero-order valence-corrected chi connectivity index (χ0v) is 15.8. The van der Waals surface area contributed by atoms with Crippen molar-refractivity contribution >= 4 is 21.8 Å². The second kappa shape index (κ2) is 7.23. The molecule has 3 rings (SSSR count). The lowest BCUT2D eigenvalue weighted by Crippen LogP contribution is -2.49. The van der Waals surface area contributed by atoms with Gasteiger partial charge in [0.2, 0.25) is 0 Å². The van der Waals surface area contributed by atoms with Gasteiger partial charge in [-0.05, 0) is 32.2 Å². The van der Waals surface area contributed by atoms with Gasteiger partial charge < -0.3 is 5.32 Å². The maximum Gasteiger partial charge on any atom is 0.326 e. The highest BCUT2D eigenvalue weighted by Crippen LogP contribution is 2.33. The van der Waals surface area contributed by atoms with Crippen LogP contribution in [0.2, 0.25) is 0 Å². The molecule has 1 aliphatic carbocycles. The molecular formula is C17H29N3O4S. The second-order valence-corrected chi connectivity index (χ2v) is 9.90. The first kappa shape index (κ1) is 18.6. The molecule has 1 saturated carbocycles. The average Bonchev–Trinajstić information content (AvgIpc) is 2.89. The maximum atomic E-state index is 13.0. The van der Waals surface area contributed by atoms with E-state index in [4.69, 9.17) is 0 Å². The van der Waals surface area contributed by atoms with Crippen molar-refractivity contribution < 1.29 is 18.0 Å². The van der Waals surface area contributed by atoms with Gasteiger partial charge in [0.25, 0.3) is 5.91 Å². The minimum Gasteiger partial charge on any atom is -0.323 e. The van der Waals surface area contributed by atoms with Crippen LogP contribution in [0.3, 0.4) is 0 Å². The molecule has 25 heavy (non-hydrogen) atoms. The number of hydrogen-bond acceptors (Lipinski definition) is 5. The highest BCUT2D eigenvalue weighted by Gasteiger charge is 2.51. The molecule has 2 heterocycles. The molecule has 0 bridgehead atoms. The van der Waals surface area contributed by atoms with Gasteiger partial charge in [0.1, 0.15) is 5.54 Å². The fourth-order valence-electron chi connectivity index (χ4n) is 4.38. The number of carbonyl (C=O) groups excluding carboxylic acids is 2. The third kappa shape index (κ3) is 3.84. The van der Waals surface area contributed by atoms with Gasteiger partial charge in [0, 0.05) is 6.04 Å². The van der Waals surface area contributed by atoms with E-state index in [9.17, 15) is 18.0 Å². The topological polar surface area (TPSA) is 86.8 Å². The quantitative estimate of drug-likeness (QED) is 0.740. The number of rotatable bonds is 5. The van der Waals surface area contributed by atoms with Crippen LogP contribution in [0.15, 0.2) is 0 Å². The monoisotopic (exact) mass is 371 g/mol. The molecule has 0 aromatic carbocycles. The Bertz CT molecular complexity index is 626. The summed E-state index contributed by atoms with van der Waals surface area (Å²) in [5.74, 6) is 0.199. The predicted molar refractivity (Wildman–Crippen MR) is 94.7 cm³/mol. The molecule has 8 heteroatoms. The molecule has 142 valence electrons. The van der Waals surface area contributed by atoms with Crippen LogP contribution in [-0.2, 0) is 14.6 Å². The van der Waals surface area contributed by atoms with Gasteiger partial charge in [0.05, 0.1) is 18.2 Å². The van der Waals surface area contributed by atoms with Crippen molar-refractivity contribution in [2.75, 3.05) is 24.7 Å². The Morgan fingerprint density at radius 2 is 1.88 bits per heavy atom. The Hall–Kier alpha value is -1.15. The van der Waals surface area contributed by atoms with Crippen LogP contribution in [0.25, 0.3) is 0 Å². The molecule has 1 atom stereocenters. The lowest BCUT2D eigenvalue weighted by atomic mass is 9.90. The largest absolute Gasteiger partial charge is 0.326 e. The van der Waals surface area contributed by atoms with E-state index in [-0.39, 0.29) is 36.2 Å².